The van der Waals surface area contributed by atoms with Gasteiger partial charge in [0.25, 0.3) is 0 Å². The van der Waals surface area contributed by atoms with Crippen molar-refractivity contribution in [2.45, 2.75) is 17.9 Å². The molecule has 0 aliphatic rings. The molecule has 0 fully saturated rings. The first-order chi connectivity index (χ1) is 9.79. The second-order valence-electron chi connectivity index (χ2n) is 4.80. The van der Waals surface area contributed by atoms with Crippen molar-refractivity contribution in [3.8, 4) is 0 Å². The van der Waals surface area contributed by atoms with Crippen molar-refractivity contribution in [1.82, 2.24) is 0 Å². The normalized spacial score (nSPS) is 13.0. The lowest BCUT2D eigenvalue weighted by atomic mass is 10.1. The molecular weight excluding hydrogens is 329 g/mol. The molecule has 0 saturated heterocycles. The molecule has 0 aromatic heterocycles. The van der Waals surface area contributed by atoms with Gasteiger partial charge in [-0.25, -0.2) is 8.42 Å². The second kappa shape index (κ2) is 6.26. The molecular formula is C15H15Cl2NO2S. The third-order valence-corrected chi connectivity index (χ3v) is 4.89. The minimum atomic E-state index is -3.18. The van der Waals surface area contributed by atoms with Gasteiger partial charge < -0.3 is 5.32 Å². The van der Waals surface area contributed by atoms with Gasteiger partial charge in [-0.3, -0.25) is 0 Å². The Kier molecular flexibility index (Phi) is 4.81. The highest BCUT2D eigenvalue weighted by Crippen LogP contribution is 2.32. The minimum Gasteiger partial charge on any atom is -0.376 e. The maximum atomic E-state index is 11.4. The van der Waals surface area contributed by atoms with E-state index in [1.54, 1.807) is 42.5 Å². The van der Waals surface area contributed by atoms with E-state index in [2.05, 4.69) is 5.32 Å². The highest BCUT2D eigenvalue weighted by Gasteiger charge is 2.12. The third-order valence-electron chi connectivity index (χ3n) is 3.13. The van der Waals surface area contributed by atoms with Crippen molar-refractivity contribution >= 4 is 38.7 Å². The fraction of sp³-hybridized carbons (Fsp3) is 0.200. The Morgan fingerprint density at radius 1 is 1.00 bits per heavy atom. The van der Waals surface area contributed by atoms with Crippen LogP contribution in [0.4, 0.5) is 5.69 Å². The van der Waals surface area contributed by atoms with Crippen LogP contribution in [0.25, 0.3) is 0 Å². The first-order valence-corrected chi connectivity index (χ1v) is 8.94. The molecule has 0 radical (unpaired) electrons. The van der Waals surface area contributed by atoms with Crippen molar-refractivity contribution in [2.24, 2.45) is 0 Å². The summed E-state index contributed by atoms with van der Waals surface area (Å²) in [4.78, 5) is 0.300. The zero-order valence-corrected chi connectivity index (χ0v) is 13.9. The lowest BCUT2D eigenvalue weighted by molar-refractivity contribution is 0.602. The molecule has 0 spiro atoms. The van der Waals surface area contributed by atoms with E-state index in [-0.39, 0.29) is 6.04 Å². The summed E-state index contributed by atoms with van der Waals surface area (Å²) < 4.78 is 22.9. The van der Waals surface area contributed by atoms with Gasteiger partial charge in [-0.2, -0.15) is 0 Å². The van der Waals surface area contributed by atoms with Gasteiger partial charge in [0.15, 0.2) is 9.84 Å². The predicted molar refractivity (Wildman–Crippen MR) is 88.1 cm³/mol. The number of sulfone groups is 1. The summed E-state index contributed by atoms with van der Waals surface area (Å²) in [5, 5.41) is 4.33. The largest absolute Gasteiger partial charge is 0.376 e. The monoisotopic (exact) mass is 343 g/mol. The van der Waals surface area contributed by atoms with Gasteiger partial charge in [-0.05, 0) is 36.8 Å². The van der Waals surface area contributed by atoms with Gasteiger partial charge in [0.05, 0.1) is 20.6 Å². The van der Waals surface area contributed by atoms with Gasteiger partial charge in [0, 0.05) is 12.3 Å². The molecule has 0 aliphatic heterocycles. The van der Waals surface area contributed by atoms with Crippen LogP contribution in [0.5, 0.6) is 0 Å². The summed E-state index contributed by atoms with van der Waals surface area (Å²) in [5.41, 5.74) is 1.61. The van der Waals surface area contributed by atoms with Crippen molar-refractivity contribution in [2.75, 3.05) is 11.6 Å². The first-order valence-electron chi connectivity index (χ1n) is 6.29. The molecule has 6 heteroatoms. The van der Waals surface area contributed by atoms with Gasteiger partial charge in [-0.1, -0.05) is 41.4 Å². The van der Waals surface area contributed by atoms with Gasteiger partial charge in [0.2, 0.25) is 0 Å². The maximum absolute atomic E-state index is 11.4. The number of para-hydroxylation sites is 1. The number of nitrogens with one attached hydrogen (secondary N) is 1. The van der Waals surface area contributed by atoms with Gasteiger partial charge >= 0.3 is 0 Å². The fourth-order valence-electron chi connectivity index (χ4n) is 1.94. The molecule has 3 nitrogen and oxygen atoms in total. The van der Waals surface area contributed by atoms with Crippen LogP contribution in [0, 0.1) is 0 Å². The summed E-state index contributed by atoms with van der Waals surface area (Å²) in [6, 6.07) is 12.0. The number of anilines is 1. The second-order valence-corrected chi connectivity index (χ2v) is 7.63. The van der Waals surface area contributed by atoms with E-state index < -0.39 is 9.84 Å². The van der Waals surface area contributed by atoms with Crippen molar-refractivity contribution in [3.05, 3.63) is 58.1 Å². The van der Waals surface area contributed by atoms with Crippen molar-refractivity contribution in [3.63, 3.8) is 0 Å². The van der Waals surface area contributed by atoms with Crippen LogP contribution in [0.1, 0.15) is 18.5 Å². The van der Waals surface area contributed by atoms with E-state index in [4.69, 9.17) is 23.2 Å². The highest BCUT2D eigenvalue weighted by atomic mass is 35.5. The van der Waals surface area contributed by atoms with E-state index >= 15 is 0 Å². The third kappa shape index (κ3) is 3.90. The van der Waals surface area contributed by atoms with Gasteiger partial charge in [-0.15, -0.1) is 0 Å². The Morgan fingerprint density at radius 3 is 2.00 bits per heavy atom. The Labute approximate surface area is 134 Å². The lowest BCUT2D eigenvalue weighted by Gasteiger charge is -2.18. The average molecular weight is 344 g/mol. The maximum Gasteiger partial charge on any atom is 0.175 e. The lowest BCUT2D eigenvalue weighted by Crippen LogP contribution is -2.08. The van der Waals surface area contributed by atoms with E-state index in [1.165, 1.54) is 6.26 Å². The predicted octanol–water partition coefficient (Wildman–Crippen LogP) is 4.57. The number of benzene rings is 2. The quantitative estimate of drug-likeness (QED) is 0.884. The smallest absolute Gasteiger partial charge is 0.175 e. The Hall–Kier alpha value is -1.23. The molecule has 2 aromatic carbocycles. The van der Waals surface area contributed by atoms with Gasteiger partial charge in [0.1, 0.15) is 0 Å². The van der Waals surface area contributed by atoms with Crippen molar-refractivity contribution in [1.29, 1.82) is 0 Å². The first kappa shape index (κ1) is 16.1. The summed E-state index contributed by atoms with van der Waals surface area (Å²) in [5.74, 6) is 0. The number of rotatable bonds is 4. The number of halogens is 2. The SMILES string of the molecule is CC(Nc1c(Cl)cccc1Cl)c1ccc(S(C)(=O)=O)cc1. The van der Waals surface area contributed by atoms with Crippen molar-refractivity contribution < 1.29 is 8.42 Å². The van der Waals surface area contributed by atoms with E-state index in [1.807, 2.05) is 6.92 Å². The van der Waals surface area contributed by atoms with E-state index in [0.29, 0.717) is 20.6 Å². The molecule has 112 valence electrons. The molecule has 0 aliphatic carbocycles. The summed E-state index contributed by atoms with van der Waals surface area (Å²) >= 11 is 12.2. The molecule has 2 aromatic rings. The molecule has 0 amide bonds. The summed E-state index contributed by atoms with van der Waals surface area (Å²) in [7, 11) is -3.18. The van der Waals surface area contributed by atoms with Crippen LogP contribution in [0.15, 0.2) is 47.4 Å². The molecule has 0 bridgehead atoms. The summed E-state index contributed by atoms with van der Waals surface area (Å²) in [6.45, 7) is 1.95. The molecule has 2 rings (SSSR count). The van der Waals surface area contributed by atoms with Crippen LogP contribution < -0.4 is 5.32 Å². The van der Waals surface area contributed by atoms with E-state index in [0.717, 1.165) is 5.56 Å². The standard InChI is InChI=1S/C15H15Cl2NO2S/c1-10(18-15-13(16)4-3-5-14(15)17)11-6-8-12(9-7-11)21(2,19)20/h3-10,18H,1-2H3. The molecule has 1 unspecified atom stereocenters. The molecule has 1 N–H and O–H groups in total. The summed E-state index contributed by atoms with van der Waals surface area (Å²) in [6.07, 6.45) is 1.19. The van der Waals surface area contributed by atoms with Crippen LogP contribution in [-0.4, -0.2) is 14.7 Å². The Balaban J connectivity index is 2.23. The minimum absolute atomic E-state index is 0.0592. The molecule has 21 heavy (non-hydrogen) atoms. The number of hydrogen-bond acceptors (Lipinski definition) is 3. The Morgan fingerprint density at radius 2 is 1.52 bits per heavy atom. The zero-order valence-electron chi connectivity index (χ0n) is 11.6. The van der Waals surface area contributed by atoms with E-state index in [9.17, 15) is 8.42 Å². The fourth-order valence-corrected chi connectivity index (χ4v) is 3.08. The zero-order chi connectivity index (χ0) is 15.6. The number of hydrogen-bond donors (Lipinski definition) is 1. The van der Waals surface area contributed by atoms with Crippen LogP contribution in [0.2, 0.25) is 10.0 Å². The highest BCUT2D eigenvalue weighted by molar-refractivity contribution is 7.90. The topological polar surface area (TPSA) is 46.2 Å². The van der Waals surface area contributed by atoms with Crippen LogP contribution in [0.3, 0.4) is 0 Å². The average Bonchev–Trinajstić information content (AvgIpc) is 2.42. The van der Waals surface area contributed by atoms with Crippen LogP contribution in [-0.2, 0) is 9.84 Å². The molecule has 1 atom stereocenters. The molecule has 0 heterocycles. The van der Waals surface area contributed by atoms with Crippen LogP contribution >= 0.6 is 23.2 Å². The molecule has 0 saturated carbocycles. The Bertz CT molecular complexity index is 723.